The molecule has 5 aliphatic rings. The SMILES string of the molecule is CC(C)Oc1ccc(CN2C(=O)[C@@H](N)CS(=O)(=O)c3cc(F)c(C(=O)NC45CCC(C(=O)N(C)C6CCOCC6)(CC4)CC5)cc32)cc1. The number of halogens is 1. The lowest BCUT2D eigenvalue weighted by molar-refractivity contribution is -0.152. The summed E-state index contributed by atoms with van der Waals surface area (Å²) in [5, 5.41) is 3.06. The fraction of sp³-hybridized carbons (Fsp3) is 0.571. The van der Waals surface area contributed by atoms with Crippen LogP contribution in [0.1, 0.15) is 81.1 Å². The third-order valence-corrected chi connectivity index (χ3v) is 12.5. The third kappa shape index (κ3) is 6.56. The number of hydrogen-bond acceptors (Lipinski definition) is 8. The molecule has 1 saturated heterocycles. The molecule has 2 aliphatic heterocycles. The molecule has 3 aliphatic carbocycles. The second-order valence-electron chi connectivity index (χ2n) is 14.2. The standard InChI is InChI=1S/C35H45FN4O7S/c1-22(2)47-25-6-4-23(5-7-25)20-40-29-18-26(27(36)19-30(29)48(44,45)21-28(37)32(40)42)31(41)38-35-13-10-34(11-14-35,12-15-35)33(43)39(3)24-8-16-46-17-9-24/h4-7,18-19,22,24,28H,8-17,20-21,37H2,1-3H3,(H,38,41)/t28-,34?,35?/m0/s1. The van der Waals surface area contributed by atoms with Crippen LogP contribution >= 0.6 is 0 Å². The maximum Gasteiger partial charge on any atom is 0.254 e. The third-order valence-electron chi connectivity index (χ3n) is 10.7. The van der Waals surface area contributed by atoms with Gasteiger partial charge in [0.15, 0.2) is 9.84 Å². The van der Waals surface area contributed by atoms with Crippen LogP contribution in [0, 0.1) is 11.2 Å². The number of amides is 3. The zero-order valence-electron chi connectivity index (χ0n) is 27.8. The smallest absolute Gasteiger partial charge is 0.254 e. The van der Waals surface area contributed by atoms with Gasteiger partial charge in [-0.2, -0.15) is 0 Å². The van der Waals surface area contributed by atoms with Crippen LogP contribution in [-0.4, -0.2) is 80.8 Å². The number of carbonyl (C=O) groups excluding carboxylic acids is 3. The Morgan fingerprint density at radius 2 is 1.71 bits per heavy atom. The van der Waals surface area contributed by atoms with Gasteiger partial charge in [-0.1, -0.05) is 12.1 Å². The lowest BCUT2D eigenvalue weighted by Gasteiger charge is -2.54. The predicted molar refractivity (Wildman–Crippen MR) is 177 cm³/mol. The lowest BCUT2D eigenvalue weighted by atomic mass is 9.56. The number of hydrogen-bond donors (Lipinski definition) is 2. The minimum Gasteiger partial charge on any atom is -0.491 e. The molecule has 0 spiro atoms. The van der Waals surface area contributed by atoms with E-state index in [0.29, 0.717) is 63.1 Å². The molecule has 2 aromatic rings. The Hall–Kier alpha value is -3.55. The van der Waals surface area contributed by atoms with Gasteiger partial charge in [0, 0.05) is 37.3 Å². The maximum absolute atomic E-state index is 15.7. The first-order valence-electron chi connectivity index (χ1n) is 16.8. The lowest BCUT2D eigenvalue weighted by Crippen LogP contribution is -2.60. The van der Waals surface area contributed by atoms with E-state index in [0.717, 1.165) is 25.0 Å². The molecule has 3 amide bonds. The summed E-state index contributed by atoms with van der Waals surface area (Å²) in [6, 6.07) is 7.77. The molecular weight excluding hydrogens is 639 g/mol. The second-order valence-corrected chi connectivity index (χ2v) is 16.2. The maximum atomic E-state index is 15.7. The molecule has 2 heterocycles. The van der Waals surface area contributed by atoms with Gasteiger partial charge in [-0.25, -0.2) is 12.8 Å². The van der Waals surface area contributed by atoms with E-state index in [1.54, 1.807) is 24.3 Å². The number of rotatable bonds is 8. The Bertz CT molecular complexity index is 1670. The highest BCUT2D eigenvalue weighted by atomic mass is 32.2. The van der Waals surface area contributed by atoms with Crippen LogP contribution in [0.15, 0.2) is 41.3 Å². The van der Waals surface area contributed by atoms with Gasteiger partial charge >= 0.3 is 0 Å². The van der Waals surface area contributed by atoms with Crippen molar-refractivity contribution in [1.29, 1.82) is 0 Å². The number of nitrogens with two attached hydrogens (primary N) is 1. The van der Waals surface area contributed by atoms with Gasteiger partial charge in [-0.15, -0.1) is 0 Å². The van der Waals surface area contributed by atoms with E-state index in [1.807, 2.05) is 25.8 Å². The first-order valence-corrected chi connectivity index (χ1v) is 18.4. The number of benzene rings is 2. The molecule has 0 aromatic heterocycles. The summed E-state index contributed by atoms with van der Waals surface area (Å²) in [5.41, 5.74) is 5.19. The molecule has 2 bridgehead atoms. The molecule has 3 saturated carbocycles. The van der Waals surface area contributed by atoms with Crippen LogP contribution in [0.4, 0.5) is 10.1 Å². The van der Waals surface area contributed by atoms with Crippen LogP contribution < -0.4 is 20.7 Å². The van der Waals surface area contributed by atoms with Crippen LogP contribution in [-0.2, 0) is 30.7 Å². The van der Waals surface area contributed by atoms with Crippen LogP contribution in [0.2, 0.25) is 0 Å². The van der Waals surface area contributed by atoms with E-state index in [1.165, 1.54) is 4.90 Å². The number of anilines is 1. The molecule has 260 valence electrons. The van der Waals surface area contributed by atoms with Crippen molar-refractivity contribution < 1.29 is 36.7 Å². The Morgan fingerprint density at radius 1 is 1.08 bits per heavy atom. The molecule has 48 heavy (non-hydrogen) atoms. The zero-order chi connectivity index (χ0) is 34.4. The first-order chi connectivity index (χ1) is 22.7. The van der Waals surface area contributed by atoms with Gasteiger partial charge in [0.25, 0.3) is 5.91 Å². The number of fused-ring (bicyclic) bond motifs is 4. The van der Waals surface area contributed by atoms with Gasteiger partial charge in [-0.3, -0.25) is 14.4 Å². The van der Waals surface area contributed by atoms with Crippen LogP contribution in [0.25, 0.3) is 0 Å². The average molecular weight is 685 g/mol. The first kappa shape index (κ1) is 34.3. The predicted octanol–water partition coefficient (Wildman–Crippen LogP) is 3.72. The normalized spacial score (nSPS) is 26.9. The van der Waals surface area contributed by atoms with E-state index in [-0.39, 0.29) is 40.7 Å². The largest absolute Gasteiger partial charge is 0.491 e. The second kappa shape index (κ2) is 13.1. The summed E-state index contributed by atoms with van der Waals surface area (Å²) in [7, 11) is -2.28. The van der Waals surface area contributed by atoms with E-state index in [2.05, 4.69) is 5.32 Å². The number of nitrogens with one attached hydrogen (secondary N) is 1. The summed E-state index contributed by atoms with van der Waals surface area (Å²) in [5.74, 6) is -2.24. The van der Waals surface area contributed by atoms with Crippen molar-refractivity contribution in [2.24, 2.45) is 11.1 Å². The molecule has 7 rings (SSSR count). The molecule has 3 N–H and O–H groups in total. The Morgan fingerprint density at radius 3 is 2.31 bits per heavy atom. The Kier molecular flexibility index (Phi) is 9.33. The molecule has 0 unspecified atom stereocenters. The molecular formula is C35H45FN4O7S. The molecule has 1 atom stereocenters. The van der Waals surface area contributed by atoms with Gasteiger partial charge in [-0.05, 0) is 95.0 Å². The molecule has 13 heteroatoms. The van der Waals surface area contributed by atoms with Crippen molar-refractivity contribution in [3.05, 3.63) is 53.3 Å². The number of carbonyl (C=O) groups is 3. The summed E-state index contributed by atoms with van der Waals surface area (Å²) < 4.78 is 53.5. The van der Waals surface area contributed by atoms with Crippen molar-refractivity contribution in [2.45, 2.75) is 100 Å². The topological polar surface area (TPSA) is 148 Å². The average Bonchev–Trinajstić information content (AvgIpc) is 3.13. The van der Waals surface area contributed by atoms with Crippen molar-refractivity contribution in [2.75, 3.05) is 30.9 Å². The van der Waals surface area contributed by atoms with E-state index in [4.69, 9.17) is 15.2 Å². The summed E-state index contributed by atoms with van der Waals surface area (Å²) >= 11 is 0. The minimum atomic E-state index is -4.16. The van der Waals surface area contributed by atoms with Gasteiger partial charge < -0.3 is 30.3 Å². The monoisotopic (exact) mass is 684 g/mol. The van der Waals surface area contributed by atoms with Crippen LogP contribution in [0.5, 0.6) is 5.75 Å². The van der Waals surface area contributed by atoms with Gasteiger partial charge in [0.05, 0.1) is 40.6 Å². The van der Waals surface area contributed by atoms with Crippen LogP contribution in [0.3, 0.4) is 0 Å². The quantitative estimate of drug-likeness (QED) is 0.428. The van der Waals surface area contributed by atoms with Gasteiger partial charge in [0.2, 0.25) is 11.8 Å². The van der Waals surface area contributed by atoms with Crippen molar-refractivity contribution >= 4 is 33.2 Å². The molecule has 4 fully saturated rings. The summed E-state index contributed by atoms with van der Waals surface area (Å²) in [6.45, 7) is 5.05. The van der Waals surface area contributed by atoms with E-state index >= 15 is 4.39 Å². The molecule has 2 aromatic carbocycles. The van der Waals surface area contributed by atoms with E-state index in [9.17, 15) is 22.8 Å². The highest BCUT2D eigenvalue weighted by Gasteiger charge is 2.54. The highest BCUT2D eigenvalue weighted by molar-refractivity contribution is 7.91. The van der Waals surface area contributed by atoms with E-state index < -0.39 is 50.2 Å². The number of sulfone groups is 1. The van der Waals surface area contributed by atoms with Gasteiger partial charge in [0.1, 0.15) is 11.6 Å². The highest BCUT2D eigenvalue weighted by Crippen LogP contribution is 2.53. The van der Waals surface area contributed by atoms with Crippen molar-refractivity contribution in [1.82, 2.24) is 10.2 Å². The Labute approximate surface area is 281 Å². The summed E-state index contributed by atoms with van der Waals surface area (Å²) in [6.07, 6.45) is 5.17. The Balaban J connectivity index is 1.23. The van der Waals surface area contributed by atoms with Crippen molar-refractivity contribution in [3.63, 3.8) is 0 Å². The molecule has 11 nitrogen and oxygen atoms in total. The zero-order valence-corrected chi connectivity index (χ0v) is 28.6. The number of nitrogens with zero attached hydrogens (tertiary/aromatic N) is 2. The van der Waals surface area contributed by atoms with Crippen molar-refractivity contribution in [3.8, 4) is 5.75 Å². The fourth-order valence-electron chi connectivity index (χ4n) is 7.80. The summed E-state index contributed by atoms with van der Waals surface area (Å²) in [4.78, 5) is 43.7. The fourth-order valence-corrected chi connectivity index (χ4v) is 9.37. The molecule has 0 radical (unpaired) electrons. The minimum absolute atomic E-state index is 0.0340. The number of ether oxygens (including phenoxy) is 2.